The maximum atomic E-state index is 13.0. The quantitative estimate of drug-likeness (QED) is 0.0954. The molecule has 0 aliphatic carbocycles. The Hall–Kier alpha value is -2.39. The van der Waals surface area contributed by atoms with Crippen LogP contribution in [0.3, 0.4) is 0 Å². The van der Waals surface area contributed by atoms with Gasteiger partial charge in [-0.1, -0.05) is 63.3 Å². The standard InChI is InChI=1S/C30H44FNO6S/c1-2-3-4-5-6-7-9-29(35)37-23-38-30(36)10-8-20-39-21-19-32-26(16-18-28(32)34)15-17-27(33)22-24-11-13-25(31)14-12-24/h11-15,17,26-27,33H,2-10,16,18-23H2,1H3/b17-15+/t26-,27+/m0/s1. The van der Waals surface area contributed by atoms with Crippen molar-refractivity contribution in [1.82, 2.24) is 4.90 Å². The molecule has 0 saturated carbocycles. The van der Waals surface area contributed by atoms with E-state index in [1.54, 1.807) is 30.0 Å². The minimum absolute atomic E-state index is 0.0419. The molecule has 7 nitrogen and oxygen atoms in total. The van der Waals surface area contributed by atoms with Crippen molar-refractivity contribution in [3.05, 3.63) is 47.8 Å². The Morgan fingerprint density at radius 1 is 1.05 bits per heavy atom. The lowest BCUT2D eigenvalue weighted by Gasteiger charge is -2.22. The van der Waals surface area contributed by atoms with Crippen LogP contribution in [-0.4, -0.2) is 64.8 Å². The molecule has 39 heavy (non-hydrogen) atoms. The van der Waals surface area contributed by atoms with Crippen molar-refractivity contribution in [2.75, 3.05) is 24.8 Å². The molecule has 1 aromatic rings. The van der Waals surface area contributed by atoms with Crippen LogP contribution in [0.4, 0.5) is 4.39 Å². The summed E-state index contributed by atoms with van der Waals surface area (Å²) in [5.74, 6) is 0.583. The molecule has 1 aliphatic heterocycles. The molecule has 0 radical (unpaired) electrons. The summed E-state index contributed by atoms with van der Waals surface area (Å²) in [6.45, 7) is 2.44. The highest BCUT2D eigenvalue weighted by atomic mass is 32.2. The van der Waals surface area contributed by atoms with Crippen LogP contribution < -0.4 is 0 Å². The topological polar surface area (TPSA) is 93.1 Å². The average Bonchev–Trinajstić information content (AvgIpc) is 3.27. The van der Waals surface area contributed by atoms with Gasteiger partial charge in [0, 0.05) is 38.0 Å². The molecule has 1 heterocycles. The monoisotopic (exact) mass is 565 g/mol. The summed E-state index contributed by atoms with van der Waals surface area (Å²) in [5.41, 5.74) is 0.845. The summed E-state index contributed by atoms with van der Waals surface area (Å²) in [6, 6.07) is 6.01. The Labute approximate surface area is 236 Å². The first-order valence-corrected chi connectivity index (χ1v) is 15.3. The van der Waals surface area contributed by atoms with E-state index in [2.05, 4.69) is 6.92 Å². The number of aliphatic hydroxyl groups excluding tert-OH is 1. The van der Waals surface area contributed by atoms with Gasteiger partial charge in [-0.05, 0) is 42.7 Å². The summed E-state index contributed by atoms with van der Waals surface area (Å²) < 4.78 is 23.0. The van der Waals surface area contributed by atoms with Crippen molar-refractivity contribution in [3.8, 4) is 0 Å². The molecule has 1 aromatic carbocycles. The van der Waals surface area contributed by atoms with Crippen molar-refractivity contribution >= 4 is 29.6 Å². The number of hydrogen-bond acceptors (Lipinski definition) is 7. The number of carbonyl (C=O) groups is 3. The van der Waals surface area contributed by atoms with Gasteiger partial charge in [0.2, 0.25) is 12.7 Å². The van der Waals surface area contributed by atoms with Gasteiger partial charge in [0.05, 0.1) is 12.1 Å². The molecular formula is C30H44FNO6S. The van der Waals surface area contributed by atoms with E-state index in [4.69, 9.17) is 9.47 Å². The Bertz CT molecular complexity index is 894. The molecule has 1 fully saturated rings. The number of unbranched alkanes of at least 4 members (excludes halogenated alkanes) is 5. The van der Waals surface area contributed by atoms with Crippen molar-refractivity contribution in [1.29, 1.82) is 0 Å². The third-order valence-electron chi connectivity index (χ3n) is 6.61. The van der Waals surface area contributed by atoms with E-state index in [0.29, 0.717) is 32.2 Å². The van der Waals surface area contributed by atoms with Crippen molar-refractivity contribution in [3.63, 3.8) is 0 Å². The highest BCUT2D eigenvalue weighted by Gasteiger charge is 2.28. The number of aliphatic hydroxyl groups is 1. The van der Waals surface area contributed by atoms with E-state index >= 15 is 0 Å². The van der Waals surface area contributed by atoms with Gasteiger partial charge in [0.1, 0.15) is 5.82 Å². The van der Waals surface area contributed by atoms with E-state index in [0.717, 1.165) is 42.8 Å². The molecule has 218 valence electrons. The second kappa shape index (κ2) is 19.6. The molecule has 2 atom stereocenters. The molecule has 0 aromatic heterocycles. The first-order valence-electron chi connectivity index (χ1n) is 14.2. The molecule has 2 rings (SSSR count). The predicted molar refractivity (Wildman–Crippen MR) is 152 cm³/mol. The fourth-order valence-corrected chi connectivity index (χ4v) is 5.25. The van der Waals surface area contributed by atoms with Gasteiger partial charge in [-0.25, -0.2) is 4.39 Å². The number of esters is 2. The van der Waals surface area contributed by atoms with Gasteiger partial charge in [0.25, 0.3) is 0 Å². The number of rotatable bonds is 20. The van der Waals surface area contributed by atoms with E-state index in [1.165, 1.54) is 31.4 Å². The molecule has 1 saturated heterocycles. The molecule has 0 bridgehead atoms. The molecule has 0 spiro atoms. The van der Waals surface area contributed by atoms with Gasteiger partial charge in [-0.2, -0.15) is 11.8 Å². The van der Waals surface area contributed by atoms with E-state index in [1.807, 2.05) is 11.0 Å². The van der Waals surface area contributed by atoms with Crippen LogP contribution in [0, 0.1) is 5.82 Å². The lowest BCUT2D eigenvalue weighted by Crippen LogP contribution is -2.34. The van der Waals surface area contributed by atoms with Crippen LogP contribution >= 0.6 is 11.8 Å². The highest BCUT2D eigenvalue weighted by molar-refractivity contribution is 7.99. The minimum Gasteiger partial charge on any atom is -0.428 e. The lowest BCUT2D eigenvalue weighted by atomic mass is 10.1. The SMILES string of the molecule is CCCCCCCCC(=O)OCOC(=O)CCCSCCN1C(=O)CC[C@@H]1/C=C/[C@@H](O)Cc1ccc(F)cc1. The maximum absolute atomic E-state index is 13.0. The number of benzene rings is 1. The third-order valence-corrected chi connectivity index (χ3v) is 7.66. The maximum Gasteiger partial charge on any atom is 0.308 e. The van der Waals surface area contributed by atoms with Gasteiger partial charge < -0.3 is 19.5 Å². The second-order valence-corrected chi connectivity index (χ2v) is 11.1. The predicted octanol–water partition coefficient (Wildman–Crippen LogP) is 5.58. The second-order valence-electron chi connectivity index (χ2n) is 9.86. The van der Waals surface area contributed by atoms with E-state index in [9.17, 15) is 23.9 Å². The fourth-order valence-electron chi connectivity index (χ4n) is 4.37. The largest absolute Gasteiger partial charge is 0.428 e. The normalized spacial score (nSPS) is 16.1. The first-order chi connectivity index (χ1) is 18.9. The number of ether oxygens (including phenoxy) is 2. The Kier molecular flexibility index (Phi) is 16.5. The number of amides is 1. The van der Waals surface area contributed by atoms with Crippen molar-refractivity contribution in [2.45, 2.75) is 96.1 Å². The zero-order valence-corrected chi connectivity index (χ0v) is 24.0. The van der Waals surface area contributed by atoms with Crippen LogP contribution in [0.15, 0.2) is 36.4 Å². The van der Waals surface area contributed by atoms with E-state index in [-0.39, 0.29) is 42.9 Å². The van der Waals surface area contributed by atoms with Gasteiger partial charge in [0.15, 0.2) is 0 Å². The molecule has 0 unspecified atom stereocenters. The van der Waals surface area contributed by atoms with Gasteiger partial charge >= 0.3 is 11.9 Å². The summed E-state index contributed by atoms with van der Waals surface area (Å²) in [6.07, 6.45) is 12.3. The van der Waals surface area contributed by atoms with Gasteiger partial charge in [-0.15, -0.1) is 0 Å². The zero-order valence-electron chi connectivity index (χ0n) is 23.2. The first kappa shape index (κ1) is 32.8. The fraction of sp³-hybridized carbons (Fsp3) is 0.633. The Morgan fingerprint density at radius 2 is 1.72 bits per heavy atom. The molecular weight excluding hydrogens is 521 g/mol. The summed E-state index contributed by atoms with van der Waals surface area (Å²) in [4.78, 5) is 37.7. The Balaban J connectivity index is 1.52. The van der Waals surface area contributed by atoms with Crippen molar-refractivity contribution < 1.29 is 33.4 Å². The van der Waals surface area contributed by atoms with Crippen LogP contribution in [0.25, 0.3) is 0 Å². The van der Waals surface area contributed by atoms with Gasteiger partial charge in [-0.3, -0.25) is 14.4 Å². The minimum atomic E-state index is -0.703. The number of halogens is 1. The number of hydrogen-bond donors (Lipinski definition) is 1. The molecule has 9 heteroatoms. The number of thioether (sulfide) groups is 1. The zero-order chi connectivity index (χ0) is 28.3. The number of nitrogens with zero attached hydrogens (tertiary/aromatic N) is 1. The molecule has 1 amide bonds. The van der Waals surface area contributed by atoms with E-state index < -0.39 is 6.10 Å². The smallest absolute Gasteiger partial charge is 0.308 e. The van der Waals surface area contributed by atoms with Crippen LogP contribution in [0.1, 0.15) is 83.1 Å². The summed E-state index contributed by atoms with van der Waals surface area (Å²) in [7, 11) is 0. The highest BCUT2D eigenvalue weighted by Crippen LogP contribution is 2.21. The lowest BCUT2D eigenvalue weighted by molar-refractivity contribution is -0.167. The number of carbonyl (C=O) groups excluding carboxylic acids is 3. The Morgan fingerprint density at radius 3 is 2.44 bits per heavy atom. The third kappa shape index (κ3) is 14.5. The average molecular weight is 566 g/mol. The van der Waals surface area contributed by atoms with Crippen LogP contribution in [0.5, 0.6) is 0 Å². The van der Waals surface area contributed by atoms with Crippen LogP contribution in [-0.2, 0) is 30.3 Å². The number of likely N-dealkylation sites (tertiary alicyclic amines) is 1. The van der Waals surface area contributed by atoms with Crippen molar-refractivity contribution in [2.24, 2.45) is 0 Å². The molecule has 1 N–H and O–H groups in total. The summed E-state index contributed by atoms with van der Waals surface area (Å²) in [5, 5.41) is 10.3. The van der Waals surface area contributed by atoms with Crippen LogP contribution in [0.2, 0.25) is 0 Å². The summed E-state index contributed by atoms with van der Waals surface area (Å²) >= 11 is 1.67. The molecule has 1 aliphatic rings.